The number of para-hydroxylation sites is 1. The van der Waals surface area contributed by atoms with Crippen molar-refractivity contribution in [1.82, 2.24) is 4.98 Å². The summed E-state index contributed by atoms with van der Waals surface area (Å²) < 4.78 is 11.3. The Labute approximate surface area is 150 Å². The number of amides is 1. The molecule has 8 heteroatoms. The smallest absolute Gasteiger partial charge is 0.366 e. The number of ether oxygens (including phenoxy) is 2. The highest BCUT2D eigenvalue weighted by atomic mass is 16.6. The lowest BCUT2D eigenvalue weighted by atomic mass is 10.2. The van der Waals surface area contributed by atoms with E-state index in [2.05, 4.69) is 4.98 Å². The number of nitrogens with zero attached hydrogens (tertiary/aromatic N) is 3. The van der Waals surface area contributed by atoms with Crippen molar-refractivity contribution in [3.63, 3.8) is 0 Å². The van der Waals surface area contributed by atoms with E-state index in [0.29, 0.717) is 31.7 Å². The first-order valence-electron chi connectivity index (χ1n) is 8.41. The number of hydrogen-bond donors (Lipinski definition) is 0. The molecule has 0 saturated heterocycles. The number of carbonyl (C=O) groups is 1. The van der Waals surface area contributed by atoms with Gasteiger partial charge in [0, 0.05) is 12.6 Å². The minimum atomic E-state index is -0.610. The Bertz CT molecular complexity index is 797. The van der Waals surface area contributed by atoms with Crippen LogP contribution in [0.25, 0.3) is 0 Å². The predicted molar refractivity (Wildman–Crippen MR) is 94.5 cm³/mol. The van der Waals surface area contributed by atoms with Gasteiger partial charge < -0.3 is 19.6 Å². The highest BCUT2D eigenvalue weighted by Crippen LogP contribution is 2.34. The molecule has 1 aliphatic rings. The summed E-state index contributed by atoms with van der Waals surface area (Å²) in [6, 6.07) is 12.1. The molecule has 0 bridgehead atoms. The Balaban J connectivity index is 1.73. The number of aromatic nitrogens is 1. The maximum Gasteiger partial charge on any atom is 0.366 e. The van der Waals surface area contributed by atoms with Crippen LogP contribution in [0.15, 0.2) is 42.5 Å². The molecule has 26 heavy (non-hydrogen) atoms. The van der Waals surface area contributed by atoms with E-state index in [1.54, 1.807) is 0 Å². The van der Waals surface area contributed by atoms with E-state index in [9.17, 15) is 14.9 Å². The minimum Gasteiger partial charge on any atom is -0.494 e. The summed E-state index contributed by atoms with van der Waals surface area (Å²) in [5, 5.41) is 11.0. The molecule has 0 N–H and O–H groups in total. The molecule has 1 aliphatic heterocycles. The first-order chi connectivity index (χ1) is 12.6. The van der Waals surface area contributed by atoms with Crippen LogP contribution >= 0.6 is 0 Å². The Kier molecular flexibility index (Phi) is 5.31. The molecule has 0 spiro atoms. The monoisotopic (exact) mass is 357 g/mol. The fourth-order valence-electron chi connectivity index (χ4n) is 2.70. The fraction of sp³-hybridized carbons (Fsp3) is 0.333. The van der Waals surface area contributed by atoms with E-state index in [1.807, 2.05) is 37.3 Å². The van der Waals surface area contributed by atoms with Gasteiger partial charge in [0.25, 0.3) is 11.7 Å². The van der Waals surface area contributed by atoms with Crippen molar-refractivity contribution in [3.8, 4) is 11.5 Å². The molecule has 1 aromatic carbocycles. The third-order valence-corrected chi connectivity index (χ3v) is 3.99. The van der Waals surface area contributed by atoms with Crippen LogP contribution < -0.4 is 14.4 Å². The van der Waals surface area contributed by atoms with Crippen molar-refractivity contribution in [2.45, 2.75) is 25.9 Å². The van der Waals surface area contributed by atoms with Gasteiger partial charge in [-0.05, 0) is 40.9 Å². The predicted octanol–water partition coefficient (Wildman–Crippen LogP) is 2.96. The summed E-state index contributed by atoms with van der Waals surface area (Å²) in [6.07, 6.45) is 0.452. The molecule has 1 amide bonds. The molecule has 3 rings (SSSR count). The van der Waals surface area contributed by atoms with Gasteiger partial charge in [-0.1, -0.05) is 25.1 Å². The lowest BCUT2D eigenvalue weighted by molar-refractivity contribution is -0.389. The summed E-state index contributed by atoms with van der Waals surface area (Å²) in [5.74, 6) is 0.759. The van der Waals surface area contributed by atoms with Gasteiger partial charge in [-0.15, -0.1) is 0 Å². The van der Waals surface area contributed by atoms with Crippen molar-refractivity contribution < 1.29 is 19.2 Å². The molecular formula is C18H19N3O5. The largest absolute Gasteiger partial charge is 0.494 e. The minimum absolute atomic E-state index is 0.189. The zero-order chi connectivity index (χ0) is 18.5. The summed E-state index contributed by atoms with van der Waals surface area (Å²) in [4.78, 5) is 28.5. The molecule has 1 atom stereocenters. The maximum atomic E-state index is 12.6. The molecule has 1 aromatic heterocycles. The lowest BCUT2D eigenvalue weighted by Crippen LogP contribution is -2.46. The highest BCUT2D eigenvalue weighted by Gasteiger charge is 2.37. The number of anilines is 1. The first kappa shape index (κ1) is 17.7. The van der Waals surface area contributed by atoms with Crippen molar-refractivity contribution in [1.29, 1.82) is 0 Å². The summed E-state index contributed by atoms with van der Waals surface area (Å²) in [5.41, 5.74) is 0. The zero-order valence-electron chi connectivity index (χ0n) is 14.3. The summed E-state index contributed by atoms with van der Waals surface area (Å²) in [6.45, 7) is 2.60. The third kappa shape index (κ3) is 3.74. The van der Waals surface area contributed by atoms with E-state index in [0.717, 1.165) is 5.75 Å². The number of nitro groups is 1. The van der Waals surface area contributed by atoms with Gasteiger partial charge in [0.05, 0.1) is 6.61 Å². The second-order valence-corrected chi connectivity index (χ2v) is 5.77. The molecule has 0 saturated carbocycles. The molecule has 8 nitrogen and oxygen atoms in total. The SMILES string of the molecule is CCC1Oc2ccc([N+](=O)[O-])nc2N(CCCOc2ccccc2)C1=O. The van der Waals surface area contributed by atoms with Crippen molar-refractivity contribution in [2.24, 2.45) is 0 Å². The maximum absolute atomic E-state index is 12.6. The molecule has 2 heterocycles. The van der Waals surface area contributed by atoms with E-state index >= 15 is 0 Å². The van der Waals surface area contributed by atoms with Gasteiger partial charge in [0.1, 0.15) is 5.75 Å². The van der Waals surface area contributed by atoms with Crippen LogP contribution in [0.4, 0.5) is 11.6 Å². The Hall–Kier alpha value is -3.16. The van der Waals surface area contributed by atoms with Crippen LogP contribution in [0.3, 0.4) is 0 Å². The molecule has 1 unspecified atom stereocenters. The van der Waals surface area contributed by atoms with Crippen LogP contribution in [0.1, 0.15) is 19.8 Å². The van der Waals surface area contributed by atoms with Crippen LogP contribution in [0.5, 0.6) is 11.5 Å². The number of fused-ring (bicyclic) bond motifs is 1. The van der Waals surface area contributed by atoms with Crippen LogP contribution in [-0.4, -0.2) is 35.1 Å². The van der Waals surface area contributed by atoms with Crippen LogP contribution in [0.2, 0.25) is 0 Å². The van der Waals surface area contributed by atoms with Crippen LogP contribution in [0, 0.1) is 10.1 Å². The van der Waals surface area contributed by atoms with Gasteiger partial charge in [-0.25, -0.2) is 0 Å². The van der Waals surface area contributed by atoms with Crippen molar-refractivity contribution in [2.75, 3.05) is 18.1 Å². The zero-order valence-corrected chi connectivity index (χ0v) is 14.3. The average Bonchev–Trinajstić information content (AvgIpc) is 2.66. The Morgan fingerprint density at radius 2 is 2.04 bits per heavy atom. The van der Waals surface area contributed by atoms with E-state index < -0.39 is 11.0 Å². The number of carbonyl (C=O) groups excluding carboxylic acids is 1. The molecule has 0 fully saturated rings. The summed E-state index contributed by atoms with van der Waals surface area (Å²) >= 11 is 0. The van der Waals surface area contributed by atoms with Crippen LogP contribution in [-0.2, 0) is 4.79 Å². The highest BCUT2D eigenvalue weighted by molar-refractivity contribution is 5.99. The Morgan fingerprint density at radius 1 is 1.27 bits per heavy atom. The molecule has 0 radical (unpaired) electrons. The van der Waals surface area contributed by atoms with Gasteiger partial charge in [0.2, 0.25) is 0 Å². The number of hydrogen-bond acceptors (Lipinski definition) is 6. The molecular weight excluding hydrogens is 338 g/mol. The van der Waals surface area contributed by atoms with E-state index in [4.69, 9.17) is 9.47 Å². The average molecular weight is 357 g/mol. The van der Waals surface area contributed by atoms with Gasteiger partial charge in [-0.2, -0.15) is 0 Å². The summed E-state index contributed by atoms with van der Waals surface area (Å²) in [7, 11) is 0. The second kappa shape index (κ2) is 7.81. The fourth-order valence-corrected chi connectivity index (χ4v) is 2.70. The van der Waals surface area contributed by atoms with Gasteiger partial charge >= 0.3 is 5.82 Å². The molecule has 0 aliphatic carbocycles. The van der Waals surface area contributed by atoms with Gasteiger partial charge in [0.15, 0.2) is 11.9 Å². The number of rotatable bonds is 7. The second-order valence-electron chi connectivity index (χ2n) is 5.77. The van der Waals surface area contributed by atoms with E-state index in [1.165, 1.54) is 17.0 Å². The van der Waals surface area contributed by atoms with Gasteiger partial charge in [-0.3, -0.25) is 9.69 Å². The molecule has 2 aromatic rings. The lowest BCUT2D eigenvalue weighted by Gasteiger charge is -2.30. The number of benzene rings is 1. The van der Waals surface area contributed by atoms with Crippen molar-refractivity contribution in [3.05, 3.63) is 52.6 Å². The topological polar surface area (TPSA) is 94.8 Å². The normalized spacial score (nSPS) is 16.0. The van der Waals surface area contributed by atoms with E-state index in [-0.39, 0.29) is 17.5 Å². The quantitative estimate of drug-likeness (QED) is 0.429. The first-order valence-corrected chi connectivity index (χ1v) is 8.41. The number of pyridine rings is 1. The van der Waals surface area contributed by atoms with Crippen molar-refractivity contribution >= 4 is 17.5 Å². The molecule has 136 valence electrons. The third-order valence-electron chi connectivity index (χ3n) is 3.99. The Morgan fingerprint density at radius 3 is 2.73 bits per heavy atom. The standard InChI is InChI=1S/C18H19N3O5/c1-2-14-18(22)20(11-6-12-25-13-7-4-3-5-8-13)17-15(26-14)9-10-16(19-17)21(23)24/h3-5,7-10,14H,2,6,11-12H2,1H3.